The highest BCUT2D eigenvalue weighted by Crippen LogP contribution is 2.16. The summed E-state index contributed by atoms with van der Waals surface area (Å²) in [6.45, 7) is 2.59. The third-order valence-corrected chi connectivity index (χ3v) is 3.54. The van der Waals surface area contributed by atoms with Crippen molar-refractivity contribution in [2.24, 2.45) is 0 Å². The van der Waals surface area contributed by atoms with E-state index >= 15 is 0 Å². The van der Waals surface area contributed by atoms with Crippen molar-refractivity contribution >= 4 is 27.5 Å². The van der Waals surface area contributed by atoms with Crippen LogP contribution in [0.25, 0.3) is 0 Å². The summed E-state index contributed by atoms with van der Waals surface area (Å²) < 4.78 is 0. The fourth-order valence-electron chi connectivity index (χ4n) is 1.86. The predicted octanol–water partition coefficient (Wildman–Crippen LogP) is 3.64. The Morgan fingerprint density at radius 3 is 2.32 bits per heavy atom. The normalized spacial score (nSPS) is 10.2. The van der Waals surface area contributed by atoms with Gasteiger partial charge in [0.05, 0.1) is 0 Å². The molecule has 0 saturated heterocycles. The van der Waals surface area contributed by atoms with Crippen molar-refractivity contribution in [1.82, 2.24) is 4.98 Å². The lowest BCUT2D eigenvalue weighted by atomic mass is 10.1. The van der Waals surface area contributed by atoms with Crippen molar-refractivity contribution in [3.63, 3.8) is 0 Å². The summed E-state index contributed by atoms with van der Waals surface area (Å²) in [5.41, 5.74) is 2.72. The number of carbonyl (C=O) groups excluding carboxylic acids is 1. The summed E-state index contributed by atoms with van der Waals surface area (Å²) in [6, 6.07) is 11.3. The topological polar surface area (TPSA) is 33.2 Å². The molecule has 0 aliphatic rings. The molecule has 19 heavy (non-hydrogen) atoms. The molecule has 4 heteroatoms. The van der Waals surface area contributed by atoms with Gasteiger partial charge in [-0.15, -0.1) is 0 Å². The molecule has 0 aliphatic heterocycles. The van der Waals surface area contributed by atoms with E-state index in [2.05, 4.69) is 20.9 Å². The first kappa shape index (κ1) is 13.7. The number of hydrogen-bond acceptors (Lipinski definition) is 2. The summed E-state index contributed by atoms with van der Waals surface area (Å²) in [6.07, 6.45) is 3.39. The van der Waals surface area contributed by atoms with E-state index in [1.54, 1.807) is 17.3 Å². The Morgan fingerprint density at radius 2 is 1.79 bits per heavy atom. The van der Waals surface area contributed by atoms with Crippen LogP contribution in [0.2, 0.25) is 0 Å². The Bertz CT molecular complexity index is 540. The first-order chi connectivity index (χ1) is 9.26. The molecule has 1 aromatic heterocycles. The maximum absolute atomic E-state index is 12.5. The average molecular weight is 319 g/mol. The highest BCUT2D eigenvalue weighted by Gasteiger charge is 2.15. The van der Waals surface area contributed by atoms with Crippen molar-refractivity contribution in [3.8, 4) is 0 Å². The van der Waals surface area contributed by atoms with Gasteiger partial charge in [-0.2, -0.15) is 0 Å². The van der Waals surface area contributed by atoms with Gasteiger partial charge in [0, 0.05) is 35.5 Å². The standard InChI is InChI=1S/C15H15BrN2O/c1-2-18(14-7-9-17-10-8-14)15(19)13-5-3-12(11-16)4-6-13/h3-10H,2,11H2,1H3. The minimum Gasteiger partial charge on any atom is -0.309 e. The lowest BCUT2D eigenvalue weighted by molar-refractivity contribution is 0.0988. The second-order valence-corrected chi connectivity index (χ2v) is 4.65. The number of alkyl halides is 1. The Labute approximate surface area is 121 Å². The number of aromatic nitrogens is 1. The molecule has 3 nitrogen and oxygen atoms in total. The number of anilines is 1. The average Bonchev–Trinajstić information content (AvgIpc) is 2.49. The van der Waals surface area contributed by atoms with Crippen molar-refractivity contribution in [3.05, 3.63) is 59.9 Å². The van der Waals surface area contributed by atoms with Gasteiger partial charge in [-0.05, 0) is 36.8 Å². The molecule has 0 N–H and O–H groups in total. The third-order valence-electron chi connectivity index (χ3n) is 2.89. The van der Waals surface area contributed by atoms with Crippen LogP contribution >= 0.6 is 15.9 Å². The SMILES string of the molecule is CCN(C(=O)c1ccc(CBr)cc1)c1ccncc1. The number of nitrogens with zero attached hydrogens (tertiary/aromatic N) is 2. The van der Waals surface area contributed by atoms with Crippen LogP contribution in [0.5, 0.6) is 0 Å². The van der Waals surface area contributed by atoms with E-state index in [1.165, 1.54) is 0 Å². The van der Waals surface area contributed by atoms with Crippen molar-refractivity contribution in [2.45, 2.75) is 12.3 Å². The summed E-state index contributed by atoms with van der Waals surface area (Å²) in [5.74, 6) is 0.00909. The summed E-state index contributed by atoms with van der Waals surface area (Å²) >= 11 is 3.40. The molecule has 0 atom stereocenters. The van der Waals surface area contributed by atoms with Crippen LogP contribution in [0, 0.1) is 0 Å². The number of amides is 1. The monoisotopic (exact) mass is 318 g/mol. The fraction of sp³-hybridized carbons (Fsp3) is 0.200. The first-order valence-corrected chi connectivity index (χ1v) is 7.25. The molecule has 0 unspecified atom stereocenters. The molecular formula is C15H15BrN2O. The Kier molecular flexibility index (Phi) is 4.68. The number of benzene rings is 1. The van der Waals surface area contributed by atoms with Gasteiger partial charge < -0.3 is 4.90 Å². The third kappa shape index (κ3) is 3.20. The van der Waals surface area contributed by atoms with Gasteiger partial charge in [0.15, 0.2) is 0 Å². The Morgan fingerprint density at radius 1 is 1.16 bits per heavy atom. The van der Waals surface area contributed by atoms with Gasteiger partial charge in [0.25, 0.3) is 5.91 Å². The minimum atomic E-state index is 0.00909. The van der Waals surface area contributed by atoms with E-state index in [0.29, 0.717) is 12.1 Å². The number of carbonyl (C=O) groups is 1. The maximum atomic E-state index is 12.5. The number of halogens is 1. The van der Waals surface area contributed by atoms with Gasteiger partial charge in [0.1, 0.15) is 0 Å². The molecule has 0 spiro atoms. The second-order valence-electron chi connectivity index (χ2n) is 4.09. The van der Waals surface area contributed by atoms with Crippen molar-refractivity contribution < 1.29 is 4.79 Å². The van der Waals surface area contributed by atoms with E-state index in [4.69, 9.17) is 0 Å². The van der Waals surface area contributed by atoms with Gasteiger partial charge >= 0.3 is 0 Å². The highest BCUT2D eigenvalue weighted by atomic mass is 79.9. The van der Waals surface area contributed by atoms with E-state index in [1.807, 2.05) is 43.3 Å². The molecule has 1 amide bonds. The Hall–Kier alpha value is -1.68. The molecule has 0 radical (unpaired) electrons. The predicted molar refractivity (Wildman–Crippen MR) is 80.7 cm³/mol. The number of hydrogen-bond donors (Lipinski definition) is 0. The molecule has 0 fully saturated rings. The van der Waals surface area contributed by atoms with Gasteiger partial charge in [0.2, 0.25) is 0 Å². The molecular weight excluding hydrogens is 304 g/mol. The van der Waals surface area contributed by atoms with E-state index in [9.17, 15) is 4.79 Å². The molecule has 0 aliphatic carbocycles. The molecule has 0 saturated carbocycles. The molecule has 2 aromatic rings. The number of rotatable bonds is 4. The minimum absolute atomic E-state index is 0.00909. The highest BCUT2D eigenvalue weighted by molar-refractivity contribution is 9.08. The fourth-order valence-corrected chi connectivity index (χ4v) is 2.23. The van der Waals surface area contributed by atoms with Crippen molar-refractivity contribution in [1.29, 1.82) is 0 Å². The largest absolute Gasteiger partial charge is 0.309 e. The smallest absolute Gasteiger partial charge is 0.258 e. The lowest BCUT2D eigenvalue weighted by Gasteiger charge is -2.20. The van der Waals surface area contributed by atoms with Crippen LogP contribution in [0.1, 0.15) is 22.8 Å². The summed E-state index contributed by atoms with van der Waals surface area (Å²) in [7, 11) is 0. The van der Waals surface area contributed by atoms with E-state index in [-0.39, 0.29) is 5.91 Å². The van der Waals surface area contributed by atoms with E-state index in [0.717, 1.165) is 16.6 Å². The van der Waals surface area contributed by atoms with Crippen LogP contribution in [-0.2, 0) is 5.33 Å². The van der Waals surface area contributed by atoms with Crippen LogP contribution in [0.4, 0.5) is 5.69 Å². The molecule has 1 aromatic carbocycles. The molecule has 1 heterocycles. The lowest BCUT2D eigenvalue weighted by Crippen LogP contribution is -2.30. The van der Waals surface area contributed by atoms with Crippen LogP contribution in [0.15, 0.2) is 48.8 Å². The molecule has 2 rings (SSSR count). The molecule has 98 valence electrons. The zero-order valence-corrected chi connectivity index (χ0v) is 12.3. The Balaban J connectivity index is 2.25. The van der Waals surface area contributed by atoms with Crippen LogP contribution in [-0.4, -0.2) is 17.4 Å². The zero-order valence-electron chi connectivity index (χ0n) is 10.7. The van der Waals surface area contributed by atoms with Gasteiger partial charge in [-0.1, -0.05) is 28.1 Å². The zero-order chi connectivity index (χ0) is 13.7. The van der Waals surface area contributed by atoms with Crippen LogP contribution in [0.3, 0.4) is 0 Å². The second kappa shape index (κ2) is 6.48. The number of pyridine rings is 1. The quantitative estimate of drug-likeness (QED) is 0.806. The first-order valence-electron chi connectivity index (χ1n) is 6.13. The van der Waals surface area contributed by atoms with Crippen molar-refractivity contribution in [2.75, 3.05) is 11.4 Å². The van der Waals surface area contributed by atoms with Gasteiger partial charge in [-0.3, -0.25) is 9.78 Å². The van der Waals surface area contributed by atoms with Crippen LogP contribution < -0.4 is 4.90 Å². The summed E-state index contributed by atoms with van der Waals surface area (Å²) in [5, 5.41) is 0.795. The molecule has 0 bridgehead atoms. The van der Waals surface area contributed by atoms with E-state index < -0.39 is 0 Å². The maximum Gasteiger partial charge on any atom is 0.258 e. The summed E-state index contributed by atoms with van der Waals surface area (Å²) in [4.78, 5) is 18.2. The van der Waals surface area contributed by atoms with Gasteiger partial charge in [-0.25, -0.2) is 0 Å².